The van der Waals surface area contributed by atoms with Crippen LogP contribution in [0.15, 0.2) is 23.1 Å². The number of Topliss-reactive ketones (excluding diaryl/α,β-unsaturated/α-hetero) is 1. The minimum atomic E-state index is -4.47. The summed E-state index contributed by atoms with van der Waals surface area (Å²) < 4.78 is 43.9. The van der Waals surface area contributed by atoms with E-state index >= 15 is 0 Å². The second-order valence-corrected chi connectivity index (χ2v) is 4.68. The molecule has 0 bridgehead atoms. The topological polar surface area (TPSA) is 71.4 Å². The summed E-state index contributed by atoms with van der Waals surface area (Å²) in [5.74, 6) is -0.592. The van der Waals surface area contributed by atoms with Crippen LogP contribution in [0.25, 0.3) is 0 Å². The molecule has 1 atom stereocenters. The summed E-state index contributed by atoms with van der Waals surface area (Å²) in [4.78, 5) is 10.8. The quantitative estimate of drug-likeness (QED) is 0.742. The second-order valence-electron chi connectivity index (χ2n) is 3.29. The Morgan fingerprint density at radius 3 is 2.67 bits per heavy atom. The molecule has 2 rings (SSSR count). The highest BCUT2D eigenvalue weighted by atomic mass is 32.2. The molecule has 0 aromatic heterocycles. The first-order valence-electron chi connectivity index (χ1n) is 4.19. The molecule has 1 N–H and O–H groups in total. The van der Waals surface area contributed by atoms with Crippen LogP contribution in [0.1, 0.15) is 28.5 Å². The van der Waals surface area contributed by atoms with Crippen LogP contribution >= 0.6 is 0 Å². The molecule has 1 aromatic carbocycles. The maximum atomic E-state index is 13.2. The highest BCUT2D eigenvalue weighted by Gasteiger charge is 2.34. The maximum absolute atomic E-state index is 13.2. The molecule has 15 heavy (non-hydrogen) atoms. The van der Waals surface area contributed by atoms with Crippen molar-refractivity contribution in [2.45, 2.75) is 17.5 Å². The predicted octanol–water partition coefficient (Wildman–Crippen LogP) is 1.53. The molecule has 1 aliphatic carbocycles. The zero-order valence-corrected chi connectivity index (χ0v) is 8.29. The largest absolute Gasteiger partial charge is 0.295 e. The molecule has 80 valence electrons. The lowest BCUT2D eigenvalue weighted by Gasteiger charge is -2.03. The summed E-state index contributed by atoms with van der Waals surface area (Å²) in [6.45, 7) is 0. The van der Waals surface area contributed by atoms with Crippen molar-refractivity contribution < 1.29 is 22.2 Å². The first-order chi connectivity index (χ1) is 6.91. The molecule has 0 saturated heterocycles. The molecule has 0 radical (unpaired) electrons. The highest BCUT2D eigenvalue weighted by Crippen LogP contribution is 2.37. The van der Waals surface area contributed by atoms with Crippen molar-refractivity contribution in [3.63, 3.8) is 0 Å². The molecule has 0 saturated carbocycles. The van der Waals surface area contributed by atoms with Gasteiger partial charge in [-0.05, 0) is 11.6 Å². The third kappa shape index (κ3) is 1.55. The molecule has 1 aliphatic rings. The van der Waals surface area contributed by atoms with Gasteiger partial charge in [0.05, 0.1) is 0 Å². The molecule has 1 unspecified atom stereocenters. The van der Waals surface area contributed by atoms with Crippen LogP contribution in [-0.2, 0) is 10.1 Å². The van der Waals surface area contributed by atoms with Gasteiger partial charge in [0, 0.05) is 12.0 Å². The Labute approximate surface area is 85.5 Å². The molecule has 0 spiro atoms. The van der Waals surface area contributed by atoms with E-state index in [1.165, 1.54) is 12.1 Å². The van der Waals surface area contributed by atoms with Gasteiger partial charge in [0.15, 0.2) is 5.78 Å². The number of hydrogen-bond acceptors (Lipinski definition) is 3. The first kappa shape index (κ1) is 10.3. The maximum Gasteiger partial charge on any atom is 0.295 e. The zero-order chi connectivity index (χ0) is 11.2. The van der Waals surface area contributed by atoms with E-state index in [2.05, 4.69) is 0 Å². The number of ketones is 1. The summed E-state index contributed by atoms with van der Waals surface area (Å²) in [6.07, 6.45) is -1.84. The van der Waals surface area contributed by atoms with Crippen LogP contribution in [0.5, 0.6) is 0 Å². The van der Waals surface area contributed by atoms with Crippen LogP contribution in [0, 0.1) is 0 Å². The molecule has 0 aliphatic heterocycles. The van der Waals surface area contributed by atoms with Gasteiger partial charge >= 0.3 is 0 Å². The van der Waals surface area contributed by atoms with Gasteiger partial charge in [-0.15, -0.1) is 0 Å². The van der Waals surface area contributed by atoms with Crippen molar-refractivity contribution in [2.24, 2.45) is 0 Å². The molecule has 0 amide bonds. The third-order valence-electron chi connectivity index (χ3n) is 2.32. The van der Waals surface area contributed by atoms with Crippen molar-refractivity contribution in [2.75, 3.05) is 0 Å². The number of hydrogen-bond donors (Lipinski definition) is 1. The zero-order valence-electron chi connectivity index (χ0n) is 7.47. The smallest absolute Gasteiger partial charge is 0.294 e. The summed E-state index contributed by atoms with van der Waals surface area (Å²) in [7, 11) is -4.47. The number of halogens is 1. The fourth-order valence-corrected chi connectivity index (χ4v) is 2.44. The Balaban J connectivity index is 2.77. The van der Waals surface area contributed by atoms with E-state index in [4.69, 9.17) is 4.55 Å². The van der Waals surface area contributed by atoms with Crippen LogP contribution in [0.4, 0.5) is 4.39 Å². The summed E-state index contributed by atoms with van der Waals surface area (Å²) >= 11 is 0. The fraction of sp³-hybridized carbons (Fsp3) is 0.222. The standard InChI is InChI=1S/C9H7FO4S/c10-6-4-7(11)9-5(6)2-1-3-8(9)15(12,13)14/h1-3,6H,4H2,(H,12,13,14). The van der Waals surface area contributed by atoms with Crippen LogP contribution in [-0.4, -0.2) is 18.8 Å². The van der Waals surface area contributed by atoms with E-state index in [-0.39, 0.29) is 17.5 Å². The Morgan fingerprint density at radius 2 is 2.07 bits per heavy atom. The number of carbonyl (C=O) groups excluding carboxylic acids is 1. The van der Waals surface area contributed by atoms with Gasteiger partial charge in [0.25, 0.3) is 10.1 Å². The molecule has 6 heteroatoms. The Morgan fingerprint density at radius 1 is 1.40 bits per heavy atom. The average Bonchev–Trinajstić information content (AvgIpc) is 2.41. The first-order valence-corrected chi connectivity index (χ1v) is 5.63. The molecule has 1 aromatic rings. The van der Waals surface area contributed by atoms with Gasteiger partial charge in [-0.2, -0.15) is 8.42 Å². The van der Waals surface area contributed by atoms with Gasteiger partial charge < -0.3 is 0 Å². The Hall–Kier alpha value is -1.27. The van der Waals surface area contributed by atoms with Gasteiger partial charge in [-0.3, -0.25) is 9.35 Å². The number of alkyl halides is 1. The Kier molecular flexibility index (Phi) is 2.13. The fourth-order valence-electron chi connectivity index (χ4n) is 1.70. The van der Waals surface area contributed by atoms with Gasteiger partial charge in [-0.25, -0.2) is 4.39 Å². The number of carbonyl (C=O) groups is 1. The van der Waals surface area contributed by atoms with Crippen LogP contribution < -0.4 is 0 Å². The predicted molar refractivity (Wildman–Crippen MR) is 49.1 cm³/mol. The van der Waals surface area contributed by atoms with E-state index in [1.54, 1.807) is 0 Å². The second kappa shape index (κ2) is 3.11. The van der Waals surface area contributed by atoms with Gasteiger partial charge in [0.1, 0.15) is 11.1 Å². The average molecular weight is 230 g/mol. The molecule has 0 heterocycles. The summed E-state index contributed by atoms with van der Waals surface area (Å²) in [5, 5.41) is 0. The highest BCUT2D eigenvalue weighted by molar-refractivity contribution is 7.86. The minimum absolute atomic E-state index is 0.0372. The number of benzene rings is 1. The van der Waals surface area contributed by atoms with Crippen molar-refractivity contribution in [1.82, 2.24) is 0 Å². The summed E-state index contributed by atoms with van der Waals surface area (Å²) in [5.41, 5.74) is -0.178. The van der Waals surface area contributed by atoms with Gasteiger partial charge in [-0.1, -0.05) is 12.1 Å². The van der Waals surface area contributed by atoms with Gasteiger partial charge in [0.2, 0.25) is 0 Å². The van der Waals surface area contributed by atoms with Crippen molar-refractivity contribution >= 4 is 15.9 Å². The summed E-state index contributed by atoms with van der Waals surface area (Å²) in [6, 6.07) is 3.73. The lowest BCUT2D eigenvalue weighted by molar-refractivity contribution is 0.0970. The van der Waals surface area contributed by atoms with Crippen molar-refractivity contribution in [3.8, 4) is 0 Å². The van der Waals surface area contributed by atoms with E-state index in [0.717, 1.165) is 6.07 Å². The number of rotatable bonds is 1. The Bertz CT molecular complexity index is 535. The van der Waals surface area contributed by atoms with E-state index < -0.39 is 27.0 Å². The lowest BCUT2D eigenvalue weighted by Crippen LogP contribution is -2.05. The van der Waals surface area contributed by atoms with E-state index in [0.29, 0.717) is 0 Å². The van der Waals surface area contributed by atoms with E-state index in [9.17, 15) is 17.6 Å². The molecular formula is C9H7FO4S. The number of fused-ring (bicyclic) bond motifs is 1. The molecular weight excluding hydrogens is 223 g/mol. The SMILES string of the molecule is O=C1CC(F)c2cccc(S(=O)(=O)O)c21. The van der Waals surface area contributed by atoms with E-state index in [1.807, 2.05) is 0 Å². The monoisotopic (exact) mass is 230 g/mol. The normalized spacial score (nSPS) is 20.4. The van der Waals surface area contributed by atoms with Crippen molar-refractivity contribution in [1.29, 1.82) is 0 Å². The van der Waals surface area contributed by atoms with Crippen LogP contribution in [0.2, 0.25) is 0 Å². The van der Waals surface area contributed by atoms with Crippen LogP contribution in [0.3, 0.4) is 0 Å². The van der Waals surface area contributed by atoms with Crippen molar-refractivity contribution in [3.05, 3.63) is 29.3 Å². The third-order valence-corrected chi connectivity index (χ3v) is 3.21. The minimum Gasteiger partial charge on any atom is -0.294 e. The lowest BCUT2D eigenvalue weighted by atomic mass is 10.1. The molecule has 4 nitrogen and oxygen atoms in total. The molecule has 0 fully saturated rings.